The second-order valence-corrected chi connectivity index (χ2v) is 5.87. The summed E-state index contributed by atoms with van der Waals surface area (Å²) in [5.41, 5.74) is 7.72. The van der Waals surface area contributed by atoms with Crippen LogP contribution in [0.1, 0.15) is 35.8 Å². The Morgan fingerprint density at radius 2 is 2.06 bits per heavy atom. The Labute approximate surface area is 112 Å². The monoisotopic (exact) mass is 265 g/mol. The lowest BCUT2D eigenvalue weighted by Gasteiger charge is -2.25. The van der Waals surface area contributed by atoms with Crippen molar-refractivity contribution in [2.75, 3.05) is 18.1 Å². The molecule has 98 valence electrons. The van der Waals surface area contributed by atoms with Crippen LogP contribution < -0.4 is 5.73 Å². The number of hydrogen-bond donors (Lipinski definition) is 2. The molecule has 1 saturated heterocycles. The molecule has 0 amide bonds. The maximum absolute atomic E-state index is 11.3. The van der Waals surface area contributed by atoms with Crippen LogP contribution in [0.25, 0.3) is 0 Å². The largest absolute Gasteiger partial charge is 0.481 e. The van der Waals surface area contributed by atoms with Gasteiger partial charge in [0.25, 0.3) is 0 Å². The second-order valence-electron chi connectivity index (χ2n) is 4.64. The van der Waals surface area contributed by atoms with Gasteiger partial charge in [-0.25, -0.2) is 0 Å². The molecule has 0 saturated carbocycles. The average Bonchev–Trinajstić information content (AvgIpc) is 2.41. The van der Waals surface area contributed by atoms with Crippen LogP contribution in [-0.4, -0.2) is 29.1 Å². The van der Waals surface area contributed by atoms with Gasteiger partial charge in [-0.2, -0.15) is 11.8 Å². The molecule has 1 atom stereocenters. The van der Waals surface area contributed by atoms with Crippen molar-refractivity contribution in [2.45, 2.75) is 24.7 Å². The van der Waals surface area contributed by atoms with Gasteiger partial charge in [-0.3, -0.25) is 4.79 Å². The number of hydrogen-bond acceptors (Lipinski definition) is 3. The minimum atomic E-state index is -0.824. The molecule has 1 heterocycles. The first kappa shape index (κ1) is 13.4. The van der Waals surface area contributed by atoms with Gasteiger partial charge in [0.05, 0.1) is 5.92 Å². The molecule has 0 aliphatic carbocycles. The molecule has 1 aliphatic heterocycles. The summed E-state index contributed by atoms with van der Waals surface area (Å²) in [5, 5.41) is 9.27. The van der Waals surface area contributed by atoms with Gasteiger partial charge in [0, 0.05) is 6.54 Å². The smallest absolute Gasteiger partial charge is 0.312 e. The summed E-state index contributed by atoms with van der Waals surface area (Å²) in [6, 6.07) is 7.89. The summed E-state index contributed by atoms with van der Waals surface area (Å²) < 4.78 is 0. The van der Waals surface area contributed by atoms with Crippen molar-refractivity contribution in [2.24, 2.45) is 5.73 Å². The minimum Gasteiger partial charge on any atom is -0.481 e. The fourth-order valence-corrected chi connectivity index (χ4v) is 3.68. The standard InChI is InChI=1S/C14H19NO2S/c15-9-13(14(16)17)12-4-2-1-3-11(12)10-5-7-18-8-6-10/h1-4,10,13H,5-9,15H2,(H,16,17). The molecule has 4 heteroatoms. The lowest BCUT2D eigenvalue weighted by Crippen LogP contribution is -2.23. The van der Waals surface area contributed by atoms with Crippen molar-refractivity contribution >= 4 is 17.7 Å². The molecule has 1 aromatic rings. The molecule has 0 aromatic heterocycles. The van der Waals surface area contributed by atoms with E-state index in [1.807, 2.05) is 30.0 Å². The molecule has 1 aromatic carbocycles. The zero-order chi connectivity index (χ0) is 13.0. The van der Waals surface area contributed by atoms with E-state index in [1.54, 1.807) is 0 Å². The van der Waals surface area contributed by atoms with Crippen LogP contribution in [0.5, 0.6) is 0 Å². The van der Waals surface area contributed by atoms with Crippen LogP contribution in [0.4, 0.5) is 0 Å². The van der Waals surface area contributed by atoms with Crippen molar-refractivity contribution in [3.63, 3.8) is 0 Å². The Morgan fingerprint density at radius 3 is 2.67 bits per heavy atom. The van der Waals surface area contributed by atoms with Crippen LogP contribution in [0.2, 0.25) is 0 Å². The quantitative estimate of drug-likeness (QED) is 0.877. The van der Waals surface area contributed by atoms with Gasteiger partial charge in [0.15, 0.2) is 0 Å². The Kier molecular flexibility index (Phi) is 4.66. The molecule has 18 heavy (non-hydrogen) atoms. The summed E-state index contributed by atoms with van der Waals surface area (Å²) in [6.45, 7) is 0.161. The van der Waals surface area contributed by atoms with E-state index in [9.17, 15) is 9.90 Å². The zero-order valence-electron chi connectivity index (χ0n) is 10.3. The Hall–Kier alpha value is -1.00. The van der Waals surface area contributed by atoms with Crippen LogP contribution in [0, 0.1) is 0 Å². The third-order valence-electron chi connectivity index (χ3n) is 3.57. The molecular weight excluding hydrogens is 246 g/mol. The maximum Gasteiger partial charge on any atom is 0.312 e. The molecule has 0 bridgehead atoms. The number of benzene rings is 1. The number of carboxylic acid groups (broad SMARTS) is 1. The van der Waals surface area contributed by atoms with Crippen molar-refractivity contribution in [1.82, 2.24) is 0 Å². The first-order chi connectivity index (χ1) is 8.74. The molecule has 1 fully saturated rings. The fraction of sp³-hybridized carbons (Fsp3) is 0.500. The highest BCUT2D eigenvalue weighted by Gasteiger charge is 2.25. The summed E-state index contributed by atoms with van der Waals surface area (Å²) in [7, 11) is 0. The molecular formula is C14H19NO2S. The molecule has 2 rings (SSSR count). The normalized spacial score (nSPS) is 18.5. The predicted octanol–water partition coefficient (Wildman–Crippen LogP) is 2.42. The molecule has 1 unspecified atom stereocenters. The predicted molar refractivity (Wildman–Crippen MR) is 75.2 cm³/mol. The summed E-state index contributed by atoms with van der Waals surface area (Å²) in [6.07, 6.45) is 2.27. The molecule has 1 aliphatic rings. The van der Waals surface area contributed by atoms with Crippen LogP contribution >= 0.6 is 11.8 Å². The van der Waals surface area contributed by atoms with Crippen LogP contribution in [-0.2, 0) is 4.79 Å². The summed E-state index contributed by atoms with van der Waals surface area (Å²) in [5.74, 6) is 1.43. The maximum atomic E-state index is 11.3. The first-order valence-corrected chi connectivity index (χ1v) is 7.49. The number of carbonyl (C=O) groups is 1. The zero-order valence-corrected chi connectivity index (χ0v) is 11.2. The first-order valence-electron chi connectivity index (χ1n) is 6.33. The number of carboxylic acids is 1. The highest BCUT2D eigenvalue weighted by atomic mass is 32.2. The van der Waals surface area contributed by atoms with Crippen molar-refractivity contribution in [1.29, 1.82) is 0 Å². The van der Waals surface area contributed by atoms with E-state index in [4.69, 9.17) is 5.73 Å². The lowest BCUT2D eigenvalue weighted by molar-refractivity contribution is -0.138. The Morgan fingerprint density at radius 1 is 1.39 bits per heavy atom. The van der Waals surface area contributed by atoms with Gasteiger partial charge < -0.3 is 10.8 Å². The number of nitrogens with two attached hydrogens (primary N) is 1. The molecule has 0 spiro atoms. The topological polar surface area (TPSA) is 63.3 Å². The third-order valence-corrected chi connectivity index (χ3v) is 4.62. The van der Waals surface area contributed by atoms with E-state index >= 15 is 0 Å². The van der Waals surface area contributed by atoms with E-state index in [1.165, 1.54) is 17.1 Å². The van der Waals surface area contributed by atoms with E-state index in [-0.39, 0.29) is 6.54 Å². The lowest BCUT2D eigenvalue weighted by atomic mass is 9.84. The minimum absolute atomic E-state index is 0.161. The van der Waals surface area contributed by atoms with E-state index < -0.39 is 11.9 Å². The Balaban J connectivity index is 2.31. The van der Waals surface area contributed by atoms with Gasteiger partial charge in [-0.15, -0.1) is 0 Å². The van der Waals surface area contributed by atoms with Crippen molar-refractivity contribution in [3.8, 4) is 0 Å². The van der Waals surface area contributed by atoms with E-state index in [2.05, 4.69) is 6.07 Å². The molecule has 3 nitrogen and oxygen atoms in total. The van der Waals surface area contributed by atoms with Crippen LogP contribution in [0.15, 0.2) is 24.3 Å². The second kappa shape index (κ2) is 6.25. The fourth-order valence-electron chi connectivity index (χ4n) is 2.57. The van der Waals surface area contributed by atoms with Crippen molar-refractivity contribution in [3.05, 3.63) is 35.4 Å². The number of thioether (sulfide) groups is 1. The highest BCUT2D eigenvalue weighted by Crippen LogP contribution is 2.35. The van der Waals surface area contributed by atoms with E-state index in [0.717, 1.165) is 18.4 Å². The van der Waals surface area contributed by atoms with Crippen molar-refractivity contribution < 1.29 is 9.90 Å². The average molecular weight is 265 g/mol. The van der Waals surface area contributed by atoms with Gasteiger partial charge in [-0.1, -0.05) is 24.3 Å². The van der Waals surface area contributed by atoms with Gasteiger partial charge in [0.1, 0.15) is 0 Å². The molecule has 3 N–H and O–H groups in total. The van der Waals surface area contributed by atoms with E-state index in [0.29, 0.717) is 5.92 Å². The number of aliphatic carboxylic acids is 1. The van der Waals surface area contributed by atoms with Gasteiger partial charge in [-0.05, 0) is 41.4 Å². The van der Waals surface area contributed by atoms with Gasteiger partial charge in [0.2, 0.25) is 0 Å². The number of rotatable bonds is 4. The highest BCUT2D eigenvalue weighted by molar-refractivity contribution is 7.99. The van der Waals surface area contributed by atoms with Gasteiger partial charge >= 0.3 is 5.97 Å². The SMILES string of the molecule is NCC(C(=O)O)c1ccccc1C1CCSCC1. The summed E-state index contributed by atoms with van der Waals surface area (Å²) >= 11 is 1.98. The Bertz CT molecular complexity index is 416. The molecule has 0 radical (unpaired) electrons. The van der Waals surface area contributed by atoms with Crippen LogP contribution in [0.3, 0.4) is 0 Å². The third kappa shape index (κ3) is 2.87. The summed E-state index contributed by atoms with van der Waals surface area (Å²) in [4.78, 5) is 11.3.